The third-order valence-electron chi connectivity index (χ3n) is 4.97. The van der Waals surface area contributed by atoms with Gasteiger partial charge in [0.2, 0.25) is 0 Å². The van der Waals surface area contributed by atoms with Gasteiger partial charge in [-0.25, -0.2) is 0 Å². The Balaban J connectivity index is 0.00000225. The van der Waals surface area contributed by atoms with Crippen LogP contribution in [0.1, 0.15) is 44.4 Å². The van der Waals surface area contributed by atoms with Crippen molar-refractivity contribution in [3.63, 3.8) is 0 Å². The maximum absolute atomic E-state index is 4.84. The van der Waals surface area contributed by atoms with E-state index in [0.29, 0.717) is 12.0 Å². The Bertz CT molecular complexity index is 508. The second-order valence-electron chi connectivity index (χ2n) is 7.29. The number of piperidine rings is 1. The van der Waals surface area contributed by atoms with Gasteiger partial charge in [-0.2, -0.15) is 0 Å². The molecule has 2 heterocycles. The summed E-state index contributed by atoms with van der Waals surface area (Å²) in [5, 5.41) is 9.24. The molecular weight excluding hydrogens is 443 g/mol. The highest BCUT2D eigenvalue weighted by atomic mass is 127. The number of guanidine groups is 1. The summed E-state index contributed by atoms with van der Waals surface area (Å²) in [6.45, 7) is 8.73. The molecule has 1 aromatic heterocycles. The fraction of sp³-hybridized carbons (Fsp3) is 0.737. The van der Waals surface area contributed by atoms with Gasteiger partial charge in [0.1, 0.15) is 0 Å². The molecule has 2 aliphatic rings. The molecule has 1 aromatic rings. The average molecular weight is 476 g/mol. The summed E-state index contributed by atoms with van der Waals surface area (Å²) in [4.78, 5) is 8.97. The monoisotopic (exact) mass is 476 g/mol. The first-order valence-corrected chi connectivity index (χ1v) is 10.4. The van der Waals surface area contributed by atoms with Crippen LogP contribution >= 0.6 is 35.3 Å². The van der Waals surface area contributed by atoms with Crippen LogP contribution in [0.25, 0.3) is 0 Å². The van der Waals surface area contributed by atoms with Crippen molar-refractivity contribution < 1.29 is 0 Å². The van der Waals surface area contributed by atoms with Crippen molar-refractivity contribution >= 4 is 41.3 Å². The van der Waals surface area contributed by atoms with Crippen molar-refractivity contribution in [2.45, 2.75) is 58.0 Å². The number of nitrogens with zero attached hydrogens (tertiary/aromatic N) is 2. The van der Waals surface area contributed by atoms with Crippen LogP contribution in [0.5, 0.6) is 0 Å². The summed E-state index contributed by atoms with van der Waals surface area (Å²) in [7, 11) is 0. The van der Waals surface area contributed by atoms with Crippen LogP contribution in [0, 0.1) is 5.92 Å². The minimum Gasteiger partial charge on any atom is -0.357 e. The van der Waals surface area contributed by atoms with Gasteiger partial charge in [0.05, 0.1) is 0 Å². The molecule has 1 aliphatic heterocycles. The lowest BCUT2D eigenvalue weighted by Gasteiger charge is -2.33. The fourth-order valence-corrected chi connectivity index (χ4v) is 4.32. The highest BCUT2D eigenvalue weighted by molar-refractivity contribution is 14.0. The number of aliphatic imine (C=N–C) groups is 1. The quantitative estimate of drug-likeness (QED) is 0.358. The summed E-state index contributed by atoms with van der Waals surface area (Å²) in [5.74, 6) is 1.58. The SMILES string of the molecule is CCNC(=NCC(C)Cc1cccs1)NC1CCN(C2CC2)CC1.I. The maximum Gasteiger partial charge on any atom is 0.191 e. The second-order valence-corrected chi connectivity index (χ2v) is 8.33. The van der Waals surface area contributed by atoms with Crippen LogP contribution in [0.3, 0.4) is 0 Å². The normalized spacial score (nSPS) is 20.8. The van der Waals surface area contributed by atoms with Crippen molar-refractivity contribution in [3.8, 4) is 0 Å². The predicted octanol–water partition coefficient (Wildman–Crippen LogP) is 3.73. The molecule has 1 atom stereocenters. The smallest absolute Gasteiger partial charge is 0.191 e. The first kappa shape index (κ1) is 21.0. The lowest BCUT2D eigenvalue weighted by molar-refractivity contribution is 0.197. The molecule has 0 aromatic carbocycles. The highest BCUT2D eigenvalue weighted by Gasteiger charge is 2.31. The molecule has 25 heavy (non-hydrogen) atoms. The van der Waals surface area contributed by atoms with E-state index in [-0.39, 0.29) is 24.0 Å². The van der Waals surface area contributed by atoms with Crippen LogP contribution in [0.2, 0.25) is 0 Å². The number of hydrogen-bond donors (Lipinski definition) is 2. The number of thiophene rings is 1. The largest absolute Gasteiger partial charge is 0.357 e. The summed E-state index contributed by atoms with van der Waals surface area (Å²) >= 11 is 1.85. The molecule has 0 amide bonds. The molecule has 1 unspecified atom stereocenters. The number of likely N-dealkylation sites (tertiary alicyclic amines) is 1. The predicted molar refractivity (Wildman–Crippen MR) is 119 cm³/mol. The first-order chi connectivity index (χ1) is 11.7. The summed E-state index contributed by atoms with van der Waals surface area (Å²) in [6, 6.07) is 5.84. The van der Waals surface area contributed by atoms with E-state index in [9.17, 15) is 0 Å². The Kier molecular flexibility index (Phi) is 8.99. The van der Waals surface area contributed by atoms with Gasteiger partial charge in [0.25, 0.3) is 0 Å². The van der Waals surface area contributed by atoms with Gasteiger partial charge in [-0.15, -0.1) is 35.3 Å². The Hall–Kier alpha value is -0.340. The van der Waals surface area contributed by atoms with Crippen molar-refractivity contribution in [2.75, 3.05) is 26.2 Å². The van der Waals surface area contributed by atoms with Gasteiger partial charge >= 0.3 is 0 Å². The molecule has 0 bridgehead atoms. The third kappa shape index (κ3) is 7.06. The molecule has 2 fully saturated rings. The van der Waals surface area contributed by atoms with Gasteiger partial charge in [0, 0.05) is 43.1 Å². The van der Waals surface area contributed by atoms with Crippen LogP contribution in [0.4, 0.5) is 0 Å². The lowest BCUT2D eigenvalue weighted by Crippen LogP contribution is -2.49. The van der Waals surface area contributed by atoms with Crippen molar-refractivity contribution in [2.24, 2.45) is 10.9 Å². The van der Waals surface area contributed by atoms with Crippen molar-refractivity contribution in [3.05, 3.63) is 22.4 Å². The zero-order chi connectivity index (χ0) is 16.8. The molecule has 0 spiro atoms. The van der Waals surface area contributed by atoms with Gasteiger partial charge in [0.15, 0.2) is 5.96 Å². The molecule has 2 N–H and O–H groups in total. The van der Waals surface area contributed by atoms with Gasteiger partial charge in [-0.3, -0.25) is 4.99 Å². The van der Waals surface area contributed by atoms with E-state index in [1.54, 1.807) is 0 Å². The second kappa shape index (κ2) is 10.7. The molecule has 1 saturated heterocycles. The fourth-order valence-electron chi connectivity index (χ4n) is 3.45. The van der Waals surface area contributed by atoms with E-state index in [0.717, 1.165) is 31.5 Å². The number of hydrogen-bond acceptors (Lipinski definition) is 3. The van der Waals surface area contributed by atoms with E-state index >= 15 is 0 Å². The Morgan fingerprint density at radius 1 is 1.32 bits per heavy atom. The van der Waals surface area contributed by atoms with E-state index < -0.39 is 0 Å². The Labute approximate surface area is 173 Å². The number of halogens is 1. The highest BCUT2D eigenvalue weighted by Crippen LogP contribution is 2.29. The van der Waals surface area contributed by atoms with Crippen molar-refractivity contribution in [1.29, 1.82) is 0 Å². The van der Waals surface area contributed by atoms with E-state index in [2.05, 4.69) is 46.9 Å². The maximum atomic E-state index is 4.84. The Morgan fingerprint density at radius 3 is 2.68 bits per heavy atom. The van der Waals surface area contributed by atoms with E-state index in [1.165, 1.54) is 43.6 Å². The third-order valence-corrected chi connectivity index (χ3v) is 5.87. The van der Waals surface area contributed by atoms with Gasteiger partial charge in [-0.1, -0.05) is 13.0 Å². The van der Waals surface area contributed by atoms with Gasteiger partial charge in [-0.05, 0) is 56.4 Å². The topological polar surface area (TPSA) is 39.7 Å². The standard InChI is InChI=1S/C19H32N4S.HI/c1-3-20-19(21-14-15(2)13-18-5-4-12-24-18)22-16-8-10-23(11-9-16)17-6-7-17;/h4-5,12,15-17H,3,6-11,13-14H2,1-2H3,(H2,20,21,22);1H. The molecule has 0 radical (unpaired) electrons. The van der Waals surface area contributed by atoms with Crippen LogP contribution in [0.15, 0.2) is 22.5 Å². The van der Waals surface area contributed by atoms with E-state index in [4.69, 9.17) is 4.99 Å². The minimum absolute atomic E-state index is 0. The summed E-state index contributed by atoms with van der Waals surface area (Å²) < 4.78 is 0. The summed E-state index contributed by atoms with van der Waals surface area (Å²) in [5.41, 5.74) is 0. The summed E-state index contributed by atoms with van der Waals surface area (Å²) in [6.07, 6.45) is 6.45. The van der Waals surface area contributed by atoms with Crippen LogP contribution in [-0.2, 0) is 6.42 Å². The molecule has 142 valence electrons. The zero-order valence-corrected chi connectivity index (χ0v) is 18.7. The van der Waals surface area contributed by atoms with Crippen molar-refractivity contribution in [1.82, 2.24) is 15.5 Å². The molecule has 4 nitrogen and oxygen atoms in total. The van der Waals surface area contributed by atoms with Crippen LogP contribution in [-0.4, -0.2) is 49.1 Å². The zero-order valence-electron chi connectivity index (χ0n) is 15.5. The minimum atomic E-state index is 0. The van der Waals surface area contributed by atoms with Crippen LogP contribution < -0.4 is 10.6 Å². The molecule has 1 saturated carbocycles. The molecular formula is C19H33IN4S. The molecule has 1 aliphatic carbocycles. The first-order valence-electron chi connectivity index (χ1n) is 9.56. The number of rotatable bonds is 7. The average Bonchev–Trinajstić information content (AvgIpc) is 3.31. The van der Waals surface area contributed by atoms with E-state index in [1.807, 2.05) is 11.3 Å². The molecule has 3 rings (SSSR count). The van der Waals surface area contributed by atoms with Gasteiger partial charge < -0.3 is 15.5 Å². The lowest BCUT2D eigenvalue weighted by atomic mass is 10.1. The Morgan fingerprint density at radius 2 is 2.08 bits per heavy atom. The number of nitrogens with one attached hydrogen (secondary N) is 2. The molecule has 6 heteroatoms.